The Bertz CT molecular complexity index is 419. The highest BCUT2D eigenvalue weighted by Gasteiger charge is 2.33. The lowest BCUT2D eigenvalue weighted by atomic mass is 9.89. The number of hydrogen-bond acceptors (Lipinski definition) is 3. The average Bonchev–Trinajstić information content (AvgIpc) is 2.41. The van der Waals surface area contributed by atoms with E-state index in [1.165, 1.54) is 12.1 Å². The summed E-state index contributed by atoms with van der Waals surface area (Å²) < 4.78 is 13.1. The van der Waals surface area contributed by atoms with Crippen LogP contribution in [0.4, 0.5) is 4.39 Å². The number of likely N-dealkylation sites (N-methyl/N-ethyl adjacent to an activating group) is 2. The summed E-state index contributed by atoms with van der Waals surface area (Å²) in [5.41, 5.74) is 7.10. The first-order valence-electron chi connectivity index (χ1n) is 7.68. The molecule has 0 aliphatic carbocycles. The van der Waals surface area contributed by atoms with E-state index in [1.54, 1.807) is 0 Å². The number of halogens is 1. The maximum absolute atomic E-state index is 13.1. The zero-order chi connectivity index (χ0) is 16.0. The van der Waals surface area contributed by atoms with Crippen molar-refractivity contribution in [3.63, 3.8) is 0 Å². The lowest BCUT2D eigenvalue weighted by Crippen LogP contribution is -2.58. The van der Waals surface area contributed by atoms with Crippen molar-refractivity contribution in [2.75, 3.05) is 33.7 Å². The molecule has 0 spiro atoms. The molecule has 4 heteroatoms. The summed E-state index contributed by atoms with van der Waals surface area (Å²) in [5.74, 6) is -0.193. The van der Waals surface area contributed by atoms with Crippen molar-refractivity contribution < 1.29 is 4.39 Å². The molecule has 21 heavy (non-hydrogen) atoms. The van der Waals surface area contributed by atoms with Gasteiger partial charge in [-0.1, -0.05) is 19.1 Å². The lowest BCUT2D eigenvalue weighted by molar-refractivity contribution is 0.0613. The largest absolute Gasteiger partial charge is 0.329 e. The lowest BCUT2D eigenvalue weighted by Gasteiger charge is -2.45. The van der Waals surface area contributed by atoms with Gasteiger partial charge >= 0.3 is 0 Å². The average molecular weight is 295 g/mol. The van der Waals surface area contributed by atoms with Crippen LogP contribution in [0.25, 0.3) is 0 Å². The maximum atomic E-state index is 13.1. The molecule has 1 aromatic rings. The molecule has 2 unspecified atom stereocenters. The summed E-state index contributed by atoms with van der Waals surface area (Å²) in [5, 5.41) is 0. The molecule has 3 nitrogen and oxygen atoms in total. The van der Waals surface area contributed by atoms with Crippen molar-refractivity contribution in [3.05, 3.63) is 35.6 Å². The first-order chi connectivity index (χ1) is 9.82. The fourth-order valence-electron chi connectivity index (χ4n) is 3.19. The Labute approximate surface area is 128 Å². The Morgan fingerprint density at radius 1 is 1.24 bits per heavy atom. The van der Waals surface area contributed by atoms with Crippen LogP contribution in [-0.2, 0) is 6.42 Å². The molecule has 120 valence electrons. The topological polar surface area (TPSA) is 32.5 Å². The van der Waals surface area contributed by atoms with Crippen LogP contribution in [0, 0.1) is 5.82 Å². The molecule has 0 aromatic heterocycles. The predicted molar refractivity (Wildman–Crippen MR) is 88.0 cm³/mol. The Morgan fingerprint density at radius 2 is 1.81 bits per heavy atom. The summed E-state index contributed by atoms with van der Waals surface area (Å²) in [6.07, 6.45) is 0.829. The van der Waals surface area contributed by atoms with Gasteiger partial charge in [-0.25, -0.2) is 4.39 Å². The van der Waals surface area contributed by atoms with Gasteiger partial charge in [-0.05, 0) is 58.6 Å². The fourth-order valence-corrected chi connectivity index (χ4v) is 3.19. The fraction of sp³-hybridized carbons (Fsp3) is 0.647. The van der Waals surface area contributed by atoms with Crippen LogP contribution in [0.15, 0.2) is 24.3 Å². The van der Waals surface area contributed by atoms with Gasteiger partial charge in [0.25, 0.3) is 0 Å². The van der Waals surface area contributed by atoms with Gasteiger partial charge in [0.05, 0.1) is 0 Å². The Morgan fingerprint density at radius 3 is 2.24 bits per heavy atom. The van der Waals surface area contributed by atoms with Crippen molar-refractivity contribution in [1.82, 2.24) is 9.80 Å². The monoisotopic (exact) mass is 295 g/mol. The summed E-state index contributed by atoms with van der Waals surface area (Å²) in [6.45, 7) is 9.13. The zero-order valence-electron chi connectivity index (χ0n) is 14.1. The van der Waals surface area contributed by atoms with Gasteiger partial charge < -0.3 is 10.6 Å². The molecule has 1 rings (SSSR count). The minimum Gasteiger partial charge on any atom is -0.329 e. The molecular weight excluding hydrogens is 265 g/mol. The van der Waals surface area contributed by atoms with Gasteiger partial charge in [-0.15, -0.1) is 0 Å². The Hall–Kier alpha value is -0.970. The third-order valence-electron chi connectivity index (χ3n) is 4.13. The summed E-state index contributed by atoms with van der Waals surface area (Å²) in [4.78, 5) is 4.65. The first-order valence-corrected chi connectivity index (χ1v) is 7.68. The molecule has 0 fully saturated rings. The third-order valence-corrected chi connectivity index (χ3v) is 4.13. The van der Waals surface area contributed by atoms with E-state index in [0.717, 1.165) is 25.1 Å². The van der Waals surface area contributed by atoms with Gasteiger partial charge in [-0.3, -0.25) is 4.90 Å². The smallest absolute Gasteiger partial charge is 0.123 e. The van der Waals surface area contributed by atoms with Crippen LogP contribution in [0.5, 0.6) is 0 Å². The van der Waals surface area contributed by atoms with Crippen molar-refractivity contribution >= 4 is 0 Å². The zero-order valence-corrected chi connectivity index (χ0v) is 14.1. The highest BCUT2D eigenvalue weighted by molar-refractivity contribution is 5.19. The van der Waals surface area contributed by atoms with Crippen LogP contribution in [0.1, 0.15) is 26.3 Å². The number of hydrogen-bond donors (Lipinski definition) is 1. The van der Waals surface area contributed by atoms with Gasteiger partial charge in [0.2, 0.25) is 0 Å². The molecule has 0 bridgehead atoms. The van der Waals surface area contributed by atoms with Crippen molar-refractivity contribution in [3.8, 4) is 0 Å². The standard InChI is InChI=1S/C17H30FN3/c1-6-21(14(2)12-20(4)5)17(3,13-19)11-15-7-9-16(18)10-8-15/h7-10,14H,6,11-13,19H2,1-5H3. The number of benzene rings is 1. The highest BCUT2D eigenvalue weighted by atomic mass is 19.1. The van der Waals surface area contributed by atoms with E-state index in [2.05, 4.69) is 44.7 Å². The minimum absolute atomic E-state index is 0.123. The van der Waals surface area contributed by atoms with Gasteiger partial charge in [-0.2, -0.15) is 0 Å². The van der Waals surface area contributed by atoms with Crippen LogP contribution >= 0.6 is 0 Å². The Kier molecular flexibility index (Phi) is 6.78. The van der Waals surface area contributed by atoms with Crippen molar-refractivity contribution in [1.29, 1.82) is 0 Å². The van der Waals surface area contributed by atoms with E-state index in [0.29, 0.717) is 12.6 Å². The van der Waals surface area contributed by atoms with E-state index in [1.807, 2.05) is 12.1 Å². The molecule has 0 aliphatic heterocycles. The van der Waals surface area contributed by atoms with Crippen molar-refractivity contribution in [2.45, 2.75) is 38.8 Å². The predicted octanol–water partition coefficient (Wildman–Crippen LogP) is 2.36. The quantitative estimate of drug-likeness (QED) is 0.799. The molecule has 0 radical (unpaired) electrons. The second-order valence-electron chi connectivity index (χ2n) is 6.40. The van der Waals surface area contributed by atoms with Gasteiger partial charge in [0.15, 0.2) is 0 Å². The molecule has 0 amide bonds. The summed E-state index contributed by atoms with van der Waals surface area (Å²) in [6, 6.07) is 7.16. The minimum atomic E-state index is -0.193. The van der Waals surface area contributed by atoms with E-state index in [-0.39, 0.29) is 11.4 Å². The number of nitrogens with zero attached hydrogens (tertiary/aromatic N) is 2. The summed E-state index contributed by atoms with van der Waals surface area (Å²) in [7, 11) is 4.17. The molecular formula is C17H30FN3. The Balaban J connectivity index is 2.91. The van der Waals surface area contributed by atoms with Gasteiger partial charge in [0, 0.05) is 24.7 Å². The molecule has 0 saturated heterocycles. The second kappa shape index (κ2) is 7.87. The molecule has 2 atom stereocenters. The molecule has 0 heterocycles. The third kappa shape index (κ3) is 5.06. The van der Waals surface area contributed by atoms with Crippen LogP contribution in [-0.4, -0.2) is 55.1 Å². The SMILES string of the molecule is CCN(C(C)CN(C)C)C(C)(CN)Cc1ccc(F)cc1. The van der Waals surface area contributed by atoms with E-state index in [9.17, 15) is 4.39 Å². The molecule has 0 aliphatic rings. The van der Waals surface area contributed by atoms with Gasteiger partial charge in [0.1, 0.15) is 5.82 Å². The maximum Gasteiger partial charge on any atom is 0.123 e. The van der Waals surface area contributed by atoms with E-state index >= 15 is 0 Å². The summed E-state index contributed by atoms with van der Waals surface area (Å²) >= 11 is 0. The highest BCUT2D eigenvalue weighted by Crippen LogP contribution is 2.23. The van der Waals surface area contributed by atoms with Crippen LogP contribution in [0.2, 0.25) is 0 Å². The number of nitrogens with two attached hydrogens (primary N) is 1. The van der Waals surface area contributed by atoms with Crippen molar-refractivity contribution in [2.24, 2.45) is 5.73 Å². The molecule has 1 aromatic carbocycles. The van der Waals surface area contributed by atoms with Crippen LogP contribution in [0.3, 0.4) is 0 Å². The molecule has 0 saturated carbocycles. The van der Waals surface area contributed by atoms with Crippen LogP contribution < -0.4 is 5.73 Å². The second-order valence-corrected chi connectivity index (χ2v) is 6.40. The van der Waals surface area contributed by atoms with E-state index in [4.69, 9.17) is 5.73 Å². The first kappa shape index (κ1) is 18.1. The van der Waals surface area contributed by atoms with E-state index < -0.39 is 0 Å². The normalized spacial score (nSPS) is 16.2. The number of rotatable bonds is 8. The molecule has 2 N–H and O–H groups in total.